The van der Waals surface area contributed by atoms with Crippen LogP contribution in [0.5, 0.6) is 11.5 Å². The molecule has 78 valence electrons. The van der Waals surface area contributed by atoms with Crippen LogP contribution in [0.3, 0.4) is 0 Å². The van der Waals surface area contributed by atoms with Crippen molar-refractivity contribution in [3.05, 3.63) is 23.8 Å². The zero-order valence-corrected chi connectivity index (χ0v) is 9.30. The molecule has 0 N–H and O–H groups in total. The van der Waals surface area contributed by atoms with Crippen LogP contribution in [0.1, 0.15) is 19.4 Å². The predicted molar refractivity (Wildman–Crippen MR) is 58.3 cm³/mol. The van der Waals surface area contributed by atoms with Gasteiger partial charge in [-0.15, -0.1) is 11.6 Å². The SMILES string of the molecule is CCOc1cccc(CCl)c1OCC. The molecule has 0 atom stereocenters. The van der Waals surface area contributed by atoms with Gasteiger partial charge in [0.1, 0.15) is 0 Å². The Morgan fingerprint density at radius 3 is 2.43 bits per heavy atom. The molecule has 3 heteroatoms. The van der Waals surface area contributed by atoms with Crippen molar-refractivity contribution in [2.45, 2.75) is 19.7 Å². The van der Waals surface area contributed by atoms with E-state index < -0.39 is 0 Å². The summed E-state index contributed by atoms with van der Waals surface area (Å²) in [5.41, 5.74) is 0.972. The Morgan fingerprint density at radius 2 is 1.86 bits per heavy atom. The molecular formula is C11H15ClO2. The Bertz CT molecular complexity index is 287. The highest BCUT2D eigenvalue weighted by Crippen LogP contribution is 2.32. The van der Waals surface area contributed by atoms with Crippen molar-refractivity contribution in [3.63, 3.8) is 0 Å². The summed E-state index contributed by atoms with van der Waals surface area (Å²) in [5.74, 6) is 1.98. The van der Waals surface area contributed by atoms with Gasteiger partial charge in [-0.1, -0.05) is 12.1 Å². The average molecular weight is 215 g/mol. The minimum absolute atomic E-state index is 0.441. The summed E-state index contributed by atoms with van der Waals surface area (Å²) in [5, 5.41) is 0. The van der Waals surface area contributed by atoms with Crippen LogP contribution >= 0.6 is 11.6 Å². The van der Waals surface area contributed by atoms with Crippen molar-refractivity contribution in [2.75, 3.05) is 13.2 Å². The molecule has 1 aromatic carbocycles. The van der Waals surface area contributed by atoms with Gasteiger partial charge in [0, 0.05) is 5.56 Å². The molecule has 0 aromatic heterocycles. The lowest BCUT2D eigenvalue weighted by Gasteiger charge is -2.13. The molecule has 0 saturated heterocycles. The van der Waals surface area contributed by atoms with E-state index in [1.165, 1.54) is 0 Å². The summed E-state index contributed by atoms with van der Waals surface area (Å²) in [6.45, 7) is 5.14. The minimum Gasteiger partial charge on any atom is -0.490 e. The van der Waals surface area contributed by atoms with Crippen molar-refractivity contribution in [1.29, 1.82) is 0 Å². The third-order valence-electron chi connectivity index (χ3n) is 1.79. The van der Waals surface area contributed by atoms with Crippen LogP contribution in [-0.4, -0.2) is 13.2 Å². The topological polar surface area (TPSA) is 18.5 Å². The number of benzene rings is 1. The minimum atomic E-state index is 0.441. The first kappa shape index (κ1) is 11.2. The molecule has 2 nitrogen and oxygen atoms in total. The largest absolute Gasteiger partial charge is 0.490 e. The molecule has 0 heterocycles. The van der Waals surface area contributed by atoms with Gasteiger partial charge in [-0.3, -0.25) is 0 Å². The van der Waals surface area contributed by atoms with E-state index >= 15 is 0 Å². The molecule has 0 radical (unpaired) electrons. The van der Waals surface area contributed by atoms with Gasteiger partial charge in [-0.2, -0.15) is 0 Å². The maximum atomic E-state index is 5.80. The monoisotopic (exact) mass is 214 g/mol. The fraction of sp³-hybridized carbons (Fsp3) is 0.455. The molecule has 1 aromatic rings. The highest BCUT2D eigenvalue weighted by molar-refractivity contribution is 6.17. The van der Waals surface area contributed by atoms with Crippen LogP contribution in [0, 0.1) is 0 Å². The molecule has 0 bridgehead atoms. The van der Waals surface area contributed by atoms with Gasteiger partial charge in [0.15, 0.2) is 11.5 Å². The van der Waals surface area contributed by atoms with Gasteiger partial charge in [-0.25, -0.2) is 0 Å². The second kappa shape index (κ2) is 5.76. The van der Waals surface area contributed by atoms with Gasteiger partial charge in [0.05, 0.1) is 19.1 Å². The van der Waals surface area contributed by atoms with Crippen LogP contribution < -0.4 is 9.47 Å². The number of ether oxygens (including phenoxy) is 2. The second-order valence-electron chi connectivity index (χ2n) is 2.74. The van der Waals surface area contributed by atoms with E-state index in [0.29, 0.717) is 19.1 Å². The van der Waals surface area contributed by atoms with Crippen molar-refractivity contribution in [3.8, 4) is 11.5 Å². The van der Waals surface area contributed by atoms with Crippen molar-refractivity contribution >= 4 is 11.6 Å². The Balaban J connectivity index is 3.00. The molecule has 0 fully saturated rings. The molecular weight excluding hydrogens is 200 g/mol. The second-order valence-corrected chi connectivity index (χ2v) is 3.01. The van der Waals surface area contributed by atoms with Crippen LogP contribution in [0.2, 0.25) is 0 Å². The van der Waals surface area contributed by atoms with E-state index in [4.69, 9.17) is 21.1 Å². The fourth-order valence-corrected chi connectivity index (χ4v) is 1.45. The van der Waals surface area contributed by atoms with E-state index in [2.05, 4.69) is 0 Å². The Hall–Kier alpha value is -0.890. The molecule has 1 rings (SSSR count). The van der Waals surface area contributed by atoms with Gasteiger partial charge in [0.2, 0.25) is 0 Å². The Kier molecular flexibility index (Phi) is 4.60. The van der Waals surface area contributed by atoms with Gasteiger partial charge >= 0.3 is 0 Å². The quantitative estimate of drug-likeness (QED) is 0.701. The highest BCUT2D eigenvalue weighted by atomic mass is 35.5. The van der Waals surface area contributed by atoms with E-state index in [1.807, 2.05) is 32.0 Å². The van der Waals surface area contributed by atoms with E-state index in [9.17, 15) is 0 Å². The summed E-state index contributed by atoms with van der Waals surface area (Å²) in [4.78, 5) is 0. The zero-order valence-electron chi connectivity index (χ0n) is 8.55. The van der Waals surface area contributed by atoms with Gasteiger partial charge < -0.3 is 9.47 Å². The zero-order chi connectivity index (χ0) is 10.4. The van der Waals surface area contributed by atoms with Crippen LogP contribution in [-0.2, 0) is 5.88 Å². The number of hydrogen-bond acceptors (Lipinski definition) is 2. The number of rotatable bonds is 5. The summed E-state index contributed by atoms with van der Waals surface area (Å²) >= 11 is 5.80. The van der Waals surface area contributed by atoms with Gasteiger partial charge in [-0.05, 0) is 19.9 Å². The van der Waals surface area contributed by atoms with E-state index in [1.54, 1.807) is 0 Å². The summed E-state index contributed by atoms with van der Waals surface area (Å²) in [6.07, 6.45) is 0. The van der Waals surface area contributed by atoms with Crippen molar-refractivity contribution in [2.24, 2.45) is 0 Å². The van der Waals surface area contributed by atoms with Crippen LogP contribution in [0.15, 0.2) is 18.2 Å². The third-order valence-corrected chi connectivity index (χ3v) is 2.08. The number of para-hydroxylation sites is 1. The first-order valence-electron chi connectivity index (χ1n) is 4.76. The van der Waals surface area contributed by atoms with Crippen LogP contribution in [0.4, 0.5) is 0 Å². The smallest absolute Gasteiger partial charge is 0.165 e. The van der Waals surface area contributed by atoms with Crippen molar-refractivity contribution in [1.82, 2.24) is 0 Å². The summed E-state index contributed by atoms with van der Waals surface area (Å²) in [6, 6.07) is 5.76. The predicted octanol–water partition coefficient (Wildman–Crippen LogP) is 3.22. The van der Waals surface area contributed by atoms with Crippen molar-refractivity contribution < 1.29 is 9.47 Å². The Labute approximate surface area is 89.8 Å². The van der Waals surface area contributed by atoms with E-state index in [0.717, 1.165) is 17.1 Å². The van der Waals surface area contributed by atoms with E-state index in [-0.39, 0.29) is 0 Å². The fourth-order valence-electron chi connectivity index (χ4n) is 1.24. The lowest BCUT2D eigenvalue weighted by atomic mass is 10.2. The molecule has 0 aliphatic rings. The third kappa shape index (κ3) is 2.55. The summed E-state index contributed by atoms with van der Waals surface area (Å²) in [7, 11) is 0. The normalized spacial score (nSPS) is 9.93. The number of hydrogen-bond donors (Lipinski definition) is 0. The Morgan fingerprint density at radius 1 is 1.14 bits per heavy atom. The maximum absolute atomic E-state index is 5.80. The van der Waals surface area contributed by atoms with Gasteiger partial charge in [0.25, 0.3) is 0 Å². The molecule has 0 spiro atoms. The first-order valence-corrected chi connectivity index (χ1v) is 5.30. The lowest BCUT2D eigenvalue weighted by Crippen LogP contribution is -2.00. The number of halogens is 1. The molecule has 0 saturated carbocycles. The molecule has 14 heavy (non-hydrogen) atoms. The average Bonchev–Trinajstić information content (AvgIpc) is 2.21. The standard InChI is InChI=1S/C11H15ClO2/c1-3-13-10-7-5-6-9(8-12)11(10)14-4-2/h5-7H,3-4,8H2,1-2H3. The molecule has 0 aliphatic carbocycles. The lowest BCUT2D eigenvalue weighted by molar-refractivity contribution is 0.286. The molecule has 0 aliphatic heterocycles. The molecule has 0 amide bonds. The maximum Gasteiger partial charge on any atom is 0.165 e. The first-order chi connectivity index (χ1) is 6.83. The molecule has 0 unspecified atom stereocenters. The van der Waals surface area contributed by atoms with Crippen LogP contribution in [0.25, 0.3) is 0 Å². The number of alkyl halides is 1. The highest BCUT2D eigenvalue weighted by Gasteiger charge is 2.08. The summed E-state index contributed by atoms with van der Waals surface area (Å²) < 4.78 is 11.0.